The van der Waals surface area contributed by atoms with Gasteiger partial charge in [-0.05, 0) is 99.4 Å². The van der Waals surface area contributed by atoms with Crippen LogP contribution < -0.4 is 25.8 Å². The SMILES string of the molecule is O=C(O)c1nc2ccc(Br)cc2s1.O=C(c1nc2ccc(Br)cc2s1)N1CCC2(CC1)NC(=O)N(c1ccccc1)C2=O.O=C1NC2(CCNCC2)C(=O)N1c1ccccc1. The highest BCUT2D eigenvalue weighted by molar-refractivity contribution is 9.10. The van der Waals surface area contributed by atoms with Crippen LogP contribution in [0.2, 0.25) is 0 Å². The van der Waals surface area contributed by atoms with E-state index in [1.165, 1.54) is 32.5 Å². The van der Waals surface area contributed by atoms with E-state index in [0.29, 0.717) is 55.2 Å². The number of hydrogen-bond donors (Lipinski definition) is 4. The van der Waals surface area contributed by atoms with Gasteiger partial charge in [-0.1, -0.05) is 68.3 Å². The number of carbonyl (C=O) groups is 6. The molecule has 4 N–H and O–H groups in total. The highest BCUT2D eigenvalue weighted by Gasteiger charge is 2.54. The number of para-hydroxylation sites is 2. The fraction of sp³-hybridized carbons (Fsp3) is 0.238. The maximum Gasteiger partial charge on any atom is 0.365 e. The van der Waals surface area contributed by atoms with Crippen LogP contribution in [0.15, 0.2) is 106 Å². The quantitative estimate of drug-likeness (QED) is 0.129. The van der Waals surface area contributed by atoms with Crippen LogP contribution >= 0.6 is 54.5 Å². The van der Waals surface area contributed by atoms with Gasteiger partial charge in [-0.3, -0.25) is 14.4 Å². The zero-order valence-electron chi connectivity index (χ0n) is 32.1. The molecule has 4 aliphatic rings. The number of likely N-dealkylation sites (tertiary alicyclic amines) is 1. The highest BCUT2D eigenvalue weighted by atomic mass is 79.9. The van der Waals surface area contributed by atoms with Gasteiger partial charge in [0.05, 0.1) is 31.8 Å². The molecule has 6 aromatic rings. The van der Waals surface area contributed by atoms with Crippen LogP contribution in [0.5, 0.6) is 0 Å². The van der Waals surface area contributed by atoms with Gasteiger partial charge in [-0.15, -0.1) is 22.7 Å². The van der Waals surface area contributed by atoms with Gasteiger partial charge in [0, 0.05) is 22.0 Å². The van der Waals surface area contributed by atoms with Crippen LogP contribution in [0.4, 0.5) is 21.0 Å². The summed E-state index contributed by atoms with van der Waals surface area (Å²) in [6.07, 6.45) is 2.06. The number of thiazole rings is 2. The Morgan fingerprint density at radius 2 is 1.07 bits per heavy atom. The fourth-order valence-electron chi connectivity index (χ4n) is 7.60. The monoisotopic (exact) mass is 986 g/mol. The van der Waals surface area contributed by atoms with Crippen LogP contribution in [0.3, 0.4) is 0 Å². The first-order valence-corrected chi connectivity index (χ1v) is 22.4. The van der Waals surface area contributed by atoms with Crippen LogP contribution in [0.1, 0.15) is 45.3 Å². The molecular formula is C42H36Br2N8O7S2. The first-order valence-electron chi connectivity index (χ1n) is 19.2. The Labute approximate surface area is 373 Å². The lowest BCUT2D eigenvalue weighted by atomic mass is 9.87. The summed E-state index contributed by atoms with van der Waals surface area (Å²) in [4.78, 5) is 86.3. The summed E-state index contributed by atoms with van der Waals surface area (Å²) in [6.45, 7) is 2.28. The molecule has 2 aromatic heterocycles. The molecule has 312 valence electrons. The molecule has 6 heterocycles. The predicted molar refractivity (Wildman–Crippen MR) is 239 cm³/mol. The number of hydrogen-bond acceptors (Lipinski definition) is 11. The zero-order chi connectivity index (χ0) is 42.9. The molecule has 15 nitrogen and oxygen atoms in total. The van der Waals surface area contributed by atoms with E-state index < -0.39 is 23.1 Å². The van der Waals surface area contributed by atoms with Gasteiger partial charge < -0.3 is 26.0 Å². The molecule has 0 atom stereocenters. The number of amides is 7. The lowest BCUT2D eigenvalue weighted by molar-refractivity contribution is -0.124. The maximum atomic E-state index is 13.1. The normalized spacial score (nSPS) is 17.8. The summed E-state index contributed by atoms with van der Waals surface area (Å²) in [7, 11) is 0. The minimum absolute atomic E-state index is 0.125. The summed E-state index contributed by atoms with van der Waals surface area (Å²) in [6, 6.07) is 28.4. The highest BCUT2D eigenvalue weighted by Crippen LogP contribution is 2.35. The van der Waals surface area contributed by atoms with Crippen molar-refractivity contribution in [2.45, 2.75) is 36.8 Å². The molecule has 4 saturated heterocycles. The van der Waals surface area contributed by atoms with Crippen molar-refractivity contribution in [3.05, 3.63) is 116 Å². The number of nitrogens with one attached hydrogen (secondary N) is 3. The minimum atomic E-state index is -0.975. The number of benzene rings is 4. The summed E-state index contributed by atoms with van der Waals surface area (Å²) in [5.74, 6) is -1.49. The number of fused-ring (bicyclic) bond motifs is 2. The van der Waals surface area contributed by atoms with Gasteiger partial charge >= 0.3 is 18.0 Å². The first kappa shape index (κ1) is 42.1. The minimum Gasteiger partial charge on any atom is -0.476 e. The van der Waals surface area contributed by atoms with Gasteiger partial charge in [-0.25, -0.2) is 34.2 Å². The number of aromatic nitrogens is 2. The molecule has 0 bridgehead atoms. The van der Waals surface area contributed by atoms with Crippen LogP contribution in [-0.4, -0.2) is 93.0 Å². The summed E-state index contributed by atoms with van der Waals surface area (Å²) >= 11 is 9.28. The Bertz CT molecular complexity index is 2680. The van der Waals surface area contributed by atoms with E-state index in [-0.39, 0.29) is 28.8 Å². The number of carboxylic acid groups (broad SMARTS) is 1. The fourth-order valence-corrected chi connectivity index (χ4v) is 10.4. The maximum absolute atomic E-state index is 13.1. The number of nitrogens with zero attached hydrogens (tertiary/aromatic N) is 5. The summed E-state index contributed by atoms with van der Waals surface area (Å²) in [5, 5.41) is 18.2. The van der Waals surface area contributed by atoms with Gasteiger partial charge in [0.15, 0.2) is 5.01 Å². The van der Waals surface area contributed by atoms with Crippen molar-refractivity contribution < 1.29 is 33.9 Å². The molecule has 7 amide bonds. The van der Waals surface area contributed by atoms with Crippen molar-refractivity contribution in [1.29, 1.82) is 0 Å². The van der Waals surface area contributed by atoms with E-state index in [1.807, 2.05) is 54.6 Å². The molecule has 0 aliphatic carbocycles. The van der Waals surface area contributed by atoms with Gasteiger partial charge in [0.25, 0.3) is 17.7 Å². The number of carbonyl (C=O) groups excluding carboxylic acids is 5. The van der Waals surface area contributed by atoms with E-state index in [1.54, 1.807) is 47.4 Å². The van der Waals surface area contributed by atoms with Crippen molar-refractivity contribution in [3.8, 4) is 0 Å². The predicted octanol–water partition coefficient (Wildman–Crippen LogP) is 7.41. The Hall–Kier alpha value is -5.60. The van der Waals surface area contributed by atoms with Crippen LogP contribution in [0.25, 0.3) is 20.4 Å². The summed E-state index contributed by atoms with van der Waals surface area (Å²) in [5.41, 5.74) is 1.05. The number of rotatable bonds is 4. The number of anilines is 2. The Balaban J connectivity index is 0.000000140. The van der Waals surface area contributed by atoms with Gasteiger partial charge in [0.2, 0.25) is 5.01 Å². The van der Waals surface area contributed by atoms with Crippen molar-refractivity contribution in [1.82, 2.24) is 30.8 Å². The second kappa shape index (κ2) is 17.4. The number of carboxylic acids is 1. The second-order valence-electron chi connectivity index (χ2n) is 14.6. The van der Waals surface area contributed by atoms with Crippen molar-refractivity contribution in [2.75, 3.05) is 36.0 Å². The number of aromatic carboxylic acids is 1. The van der Waals surface area contributed by atoms with E-state index in [4.69, 9.17) is 5.11 Å². The average molecular weight is 989 g/mol. The number of piperidine rings is 2. The molecular weight excluding hydrogens is 952 g/mol. The van der Waals surface area contributed by atoms with Gasteiger partial charge in [-0.2, -0.15) is 0 Å². The smallest absolute Gasteiger partial charge is 0.365 e. The van der Waals surface area contributed by atoms with E-state index in [0.717, 1.165) is 42.5 Å². The van der Waals surface area contributed by atoms with E-state index in [9.17, 15) is 28.8 Å². The Kier molecular flexibility index (Phi) is 12.0. The van der Waals surface area contributed by atoms with Crippen molar-refractivity contribution in [2.24, 2.45) is 0 Å². The van der Waals surface area contributed by atoms with Crippen LogP contribution in [-0.2, 0) is 9.59 Å². The largest absolute Gasteiger partial charge is 0.476 e. The molecule has 4 aromatic carbocycles. The van der Waals surface area contributed by atoms with Gasteiger partial charge in [0.1, 0.15) is 11.1 Å². The molecule has 0 unspecified atom stereocenters. The lowest BCUT2D eigenvalue weighted by Gasteiger charge is -2.36. The lowest BCUT2D eigenvalue weighted by Crippen LogP contribution is -2.55. The molecule has 0 radical (unpaired) electrons. The average Bonchev–Trinajstić information content (AvgIpc) is 4.00. The summed E-state index contributed by atoms with van der Waals surface area (Å²) < 4.78 is 3.70. The first-order chi connectivity index (χ1) is 29.4. The number of urea groups is 2. The second-order valence-corrected chi connectivity index (χ2v) is 18.5. The van der Waals surface area contributed by atoms with Crippen molar-refractivity contribution in [3.63, 3.8) is 0 Å². The molecule has 61 heavy (non-hydrogen) atoms. The zero-order valence-corrected chi connectivity index (χ0v) is 36.9. The molecule has 2 spiro atoms. The topological polar surface area (TPSA) is 194 Å². The molecule has 0 saturated carbocycles. The van der Waals surface area contributed by atoms with Crippen molar-refractivity contribution >= 4 is 122 Å². The third kappa shape index (κ3) is 8.52. The molecule has 10 rings (SSSR count). The van der Waals surface area contributed by atoms with E-state index in [2.05, 4.69) is 57.8 Å². The number of halogens is 2. The Morgan fingerprint density at radius 1 is 0.623 bits per heavy atom. The molecule has 4 aliphatic heterocycles. The Morgan fingerprint density at radius 3 is 1.54 bits per heavy atom. The molecule has 19 heteroatoms. The third-order valence-corrected chi connectivity index (χ3v) is 13.8. The van der Waals surface area contributed by atoms with E-state index >= 15 is 0 Å². The third-order valence-electron chi connectivity index (χ3n) is 10.8. The standard InChI is InChI=1S/C21H17BrN4O3S.C13H15N3O2.C8H4BrNO2S/c22-13-6-7-15-16(12-13)30-17(23-15)18(27)25-10-8-21(9-11-25)19(28)26(20(29)24-21)14-4-2-1-3-5-14;17-11-13(6-8-14-9-7-13)15-12(18)16(11)10-4-2-1-3-5-10;9-4-1-2-5-6(3-4)13-7(10-5)8(11)12/h1-7,12H,8-11H2,(H,24,29);1-5,14H,6-9H2,(H,15,18);1-3H,(H,11,12). The molecule has 4 fully saturated rings. The van der Waals surface area contributed by atoms with Crippen LogP contribution in [0, 0.1) is 0 Å². The number of imide groups is 2.